The number of nitrogens with zero attached hydrogens (tertiary/aromatic N) is 3. The van der Waals surface area contributed by atoms with Gasteiger partial charge in [-0.3, -0.25) is 9.36 Å². The number of benzene rings is 3. The van der Waals surface area contributed by atoms with Gasteiger partial charge in [0.2, 0.25) is 5.91 Å². The van der Waals surface area contributed by atoms with Gasteiger partial charge in [0.05, 0.1) is 24.4 Å². The number of amides is 1. The first-order chi connectivity index (χ1) is 16.0. The normalized spacial score (nSPS) is 10.8. The monoisotopic (exact) mass is 482 g/mol. The SMILES string of the molecule is COc1ccc(NC(=O)CSc2nnc(-c3ccc(F)cc3)n2Cc2ccccc2)cc1Cl. The van der Waals surface area contributed by atoms with E-state index in [9.17, 15) is 9.18 Å². The van der Waals surface area contributed by atoms with Crippen LogP contribution in [0.1, 0.15) is 5.56 Å². The zero-order valence-corrected chi connectivity index (χ0v) is 19.2. The lowest BCUT2D eigenvalue weighted by molar-refractivity contribution is -0.113. The van der Waals surface area contributed by atoms with Crippen LogP contribution in [0.4, 0.5) is 10.1 Å². The molecule has 0 radical (unpaired) electrons. The van der Waals surface area contributed by atoms with E-state index in [0.717, 1.165) is 11.1 Å². The second-order valence-electron chi connectivity index (χ2n) is 7.07. The molecule has 0 saturated carbocycles. The fourth-order valence-corrected chi connectivity index (χ4v) is 4.18. The minimum atomic E-state index is -0.322. The van der Waals surface area contributed by atoms with Crippen LogP contribution in [-0.2, 0) is 11.3 Å². The number of hydrogen-bond donors (Lipinski definition) is 1. The predicted molar refractivity (Wildman–Crippen MR) is 128 cm³/mol. The molecule has 4 aromatic rings. The van der Waals surface area contributed by atoms with Crippen LogP contribution in [0, 0.1) is 5.82 Å². The highest BCUT2D eigenvalue weighted by Crippen LogP contribution is 2.28. The lowest BCUT2D eigenvalue weighted by Crippen LogP contribution is -2.15. The van der Waals surface area contributed by atoms with Crippen molar-refractivity contribution in [2.45, 2.75) is 11.7 Å². The summed E-state index contributed by atoms with van der Waals surface area (Å²) in [5, 5.41) is 12.4. The van der Waals surface area contributed by atoms with Crippen LogP contribution < -0.4 is 10.1 Å². The maximum Gasteiger partial charge on any atom is 0.234 e. The van der Waals surface area contributed by atoms with Crippen LogP contribution in [0.3, 0.4) is 0 Å². The molecule has 0 bridgehead atoms. The third kappa shape index (κ3) is 5.71. The van der Waals surface area contributed by atoms with E-state index in [1.807, 2.05) is 34.9 Å². The number of carbonyl (C=O) groups is 1. The van der Waals surface area contributed by atoms with Gasteiger partial charge in [-0.1, -0.05) is 53.7 Å². The summed E-state index contributed by atoms with van der Waals surface area (Å²) in [6.07, 6.45) is 0. The van der Waals surface area contributed by atoms with Crippen molar-refractivity contribution < 1.29 is 13.9 Å². The van der Waals surface area contributed by atoms with Gasteiger partial charge in [0.25, 0.3) is 0 Å². The van der Waals surface area contributed by atoms with E-state index < -0.39 is 0 Å². The van der Waals surface area contributed by atoms with Crippen molar-refractivity contribution in [3.05, 3.63) is 89.2 Å². The van der Waals surface area contributed by atoms with Crippen LogP contribution in [0.5, 0.6) is 5.75 Å². The summed E-state index contributed by atoms with van der Waals surface area (Å²) in [5.74, 6) is 0.728. The number of anilines is 1. The number of ether oxygens (including phenoxy) is 1. The molecule has 1 heterocycles. The molecule has 0 aliphatic carbocycles. The van der Waals surface area contributed by atoms with Crippen LogP contribution in [0.2, 0.25) is 5.02 Å². The molecule has 0 spiro atoms. The maximum absolute atomic E-state index is 13.4. The van der Waals surface area contributed by atoms with E-state index in [2.05, 4.69) is 15.5 Å². The summed E-state index contributed by atoms with van der Waals surface area (Å²) in [4.78, 5) is 12.5. The number of carbonyl (C=O) groups excluding carboxylic acids is 1. The van der Waals surface area contributed by atoms with E-state index in [0.29, 0.717) is 34.0 Å². The average Bonchev–Trinajstić information content (AvgIpc) is 3.21. The average molecular weight is 483 g/mol. The predicted octanol–water partition coefficient (Wildman–Crippen LogP) is 5.53. The third-order valence-electron chi connectivity index (χ3n) is 4.77. The second kappa shape index (κ2) is 10.5. The number of halogens is 2. The van der Waals surface area contributed by atoms with Crippen molar-refractivity contribution >= 4 is 35.0 Å². The van der Waals surface area contributed by atoms with Gasteiger partial charge in [0.15, 0.2) is 11.0 Å². The number of methoxy groups -OCH3 is 1. The lowest BCUT2D eigenvalue weighted by Gasteiger charge is -2.11. The highest BCUT2D eigenvalue weighted by molar-refractivity contribution is 7.99. The summed E-state index contributed by atoms with van der Waals surface area (Å²) in [7, 11) is 1.53. The van der Waals surface area contributed by atoms with Gasteiger partial charge >= 0.3 is 0 Å². The van der Waals surface area contributed by atoms with Crippen molar-refractivity contribution in [2.75, 3.05) is 18.2 Å². The largest absolute Gasteiger partial charge is 0.495 e. The van der Waals surface area contributed by atoms with Crippen molar-refractivity contribution in [1.29, 1.82) is 0 Å². The summed E-state index contributed by atoms with van der Waals surface area (Å²) in [6, 6.07) is 21.0. The molecular weight excluding hydrogens is 463 g/mol. The van der Waals surface area contributed by atoms with Crippen LogP contribution in [0.25, 0.3) is 11.4 Å². The van der Waals surface area contributed by atoms with Gasteiger partial charge < -0.3 is 10.1 Å². The Kier molecular flexibility index (Phi) is 7.26. The fourth-order valence-electron chi connectivity index (χ4n) is 3.19. The Morgan fingerprint density at radius 3 is 2.55 bits per heavy atom. The summed E-state index contributed by atoms with van der Waals surface area (Å²) < 4.78 is 20.5. The third-order valence-corrected chi connectivity index (χ3v) is 6.03. The van der Waals surface area contributed by atoms with Crippen molar-refractivity contribution in [3.63, 3.8) is 0 Å². The highest BCUT2D eigenvalue weighted by atomic mass is 35.5. The van der Waals surface area contributed by atoms with Gasteiger partial charge in [-0.2, -0.15) is 0 Å². The smallest absolute Gasteiger partial charge is 0.234 e. The van der Waals surface area contributed by atoms with Gasteiger partial charge in [0, 0.05) is 11.3 Å². The Morgan fingerprint density at radius 2 is 1.85 bits per heavy atom. The number of aromatic nitrogens is 3. The molecule has 0 unspecified atom stereocenters. The van der Waals surface area contributed by atoms with Gasteiger partial charge in [0.1, 0.15) is 11.6 Å². The van der Waals surface area contributed by atoms with Crippen LogP contribution in [-0.4, -0.2) is 33.5 Å². The van der Waals surface area contributed by atoms with Gasteiger partial charge in [-0.15, -0.1) is 10.2 Å². The molecule has 4 rings (SSSR count). The number of rotatable bonds is 8. The Balaban J connectivity index is 1.52. The molecule has 3 aromatic carbocycles. The number of thioether (sulfide) groups is 1. The first-order valence-corrected chi connectivity index (χ1v) is 11.4. The second-order valence-corrected chi connectivity index (χ2v) is 8.42. The van der Waals surface area contributed by atoms with E-state index in [-0.39, 0.29) is 17.5 Å². The number of nitrogens with one attached hydrogen (secondary N) is 1. The molecule has 9 heteroatoms. The quantitative estimate of drug-likeness (QED) is 0.335. The van der Waals surface area contributed by atoms with E-state index >= 15 is 0 Å². The standard InChI is InChI=1S/C24H20ClFN4O2S/c1-32-21-12-11-19(13-20(21)25)27-22(31)15-33-24-29-28-23(17-7-9-18(26)10-8-17)30(24)14-16-5-3-2-4-6-16/h2-13H,14-15H2,1H3,(H,27,31). The molecule has 33 heavy (non-hydrogen) atoms. The zero-order chi connectivity index (χ0) is 23.2. The first kappa shape index (κ1) is 22.8. The molecule has 168 valence electrons. The molecule has 1 amide bonds. The molecule has 6 nitrogen and oxygen atoms in total. The molecule has 1 N–H and O–H groups in total. The van der Waals surface area contributed by atoms with Crippen molar-refractivity contribution in [2.24, 2.45) is 0 Å². The van der Waals surface area contributed by atoms with Crippen molar-refractivity contribution in [3.8, 4) is 17.1 Å². The summed E-state index contributed by atoms with van der Waals surface area (Å²) >= 11 is 7.40. The number of hydrogen-bond acceptors (Lipinski definition) is 5. The Labute approximate surface area is 199 Å². The van der Waals surface area contributed by atoms with Gasteiger partial charge in [-0.05, 0) is 48.0 Å². The van der Waals surface area contributed by atoms with Crippen LogP contribution >= 0.6 is 23.4 Å². The van der Waals surface area contributed by atoms with Crippen LogP contribution in [0.15, 0.2) is 78.0 Å². The van der Waals surface area contributed by atoms with E-state index in [1.165, 1.54) is 31.0 Å². The molecule has 0 saturated heterocycles. The van der Waals surface area contributed by atoms with E-state index in [1.54, 1.807) is 30.3 Å². The summed E-state index contributed by atoms with van der Waals surface area (Å²) in [6.45, 7) is 0.512. The summed E-state index contributed by atoms with van der Waals surface area (Å²) in [5.41, 5.74) is 2.37. The van der Waals surface area contributed by atoms with E-state index in [4.69, 9.17) is 16.3 Å². The molecule has 0 aliphatic rings. The highest BCUT2D eigenvalue weighted by Gasteiger charge is 2.16. The maximum atomic E-state index is 13.4. The molecule has 0 atom stereocenters. The van der Waals surface area contributed by atoms with Gasteiger partial charge in [-0.25, -0.2) is 4.39 Å². The molecular formula is C24H20ClFN4O2S. The Hall–Kier alpha value is -3.36. The fraction of sp³-hybridized carbons (Fsp3) is 0.125. The molecule has 1 aromatic heterocycles. The van der Waals surface area contributed by atoms with Crippen molar-refractivity contribution in [1.82, 2.24) is 14.8 Å². The minimum Gasteiger partial charge on any atom is -0.495 e. The first-order valence-electron chi connectivity index (χ1n) is 10.0. The topological polar surface area (TPSA) is 69.0 Å². The molecule has 0 fully saturated rings. The Bertz CT molecular complexity index is 1250. The lowest BCUT2D eigenvalue weighted by atomic mass is 10.2. The Morgan fingerprint density at radius 1 is 1.09 bits per heavy atom. The zero-order valence-electron chi connectivity index (χ0n) is 17.7. The minimum absolute atomic E-state index is 0.125. The molecule has 0 aliphatic heterocycles.